The highest BCUT2D eigenvalue weighted by molar-refractivity contribution is 7.13. The fourth-order valence-electron chi connectivity index (χ4n) is 2.70. The minimum absolute atomic E-state index is 0.201. The van der Waals surface area contributed by atoms with E-state index in [1.807, 2.05) is 43.3 Å². The fourth-order valence-corrected chi connectivity index (χ4v) is 3.48. The maximum absolute atomic E-state index is 12.8. The molecule has 0 aliphatic carbocycles. The summed E-state index contributed by atoms with van der Waals surface area (Å²) in [4.78, 5) is 38.6. The molecule has 2 N–H and O–H groups in total. The lowest BCUT2D eigenvalue weighted by Crippen LogP contribution is -2.33. The number of aromatic nitrogens is 2. The number of amides is 2. The minimum Gasteiger partial charge on any atom is -0.342 e. The first-order valence-corrected chi connectivity index (χ1v) is 9.18. The van der Waals surface area contributed by atoms with Crippen LogP contribution in [0.25, 0.3) is 5.69 Å². The van der Waals surface area contributed by atoms with Crippen LogP contribution >= 0.6 is 11.3 Å². The molecule has 0 saturated carbocycles. The first-order valence-electron chi connectivity index (χ1n) is 8.37. The van der Waals surface area contributed by atoms with Gasteiger partial charge in [-0.2, -0.15) is 0 Å². The Hall–Kier alpha value is -3.13. The predicted molar refractivity (Wildman–Crippen MR) is 106 cm³/mol. The van der Waals surface area contributed by atoms with Crippen LogP contribution in [0.3, 0.4) is 0 Å². The third kappa shape index (κ3) is 3.85. The van der Waals surface area contributed by atoms with Crippen molar-refractivity contribution in [3.63, 3.8) is 0 Å². The quantitative estimate of drug-likeness (QED) is 0.707. The Labute approximate surface area is 160 Å². The fraction of sp³-hybridized carbons (Fsp3) is 0.211. The Kier molecular flexibility index (Phi) is 5.27. The van der Waals surface area contributed by atoms with E-state index in [9.17, 15) is 14.4 Å². The molecule has 3 rings (SSSR count). The van der Waals surface area contributed by atoms with Gasteiger partial charge in [-0.15, -0.1) is 11.3 Å². The molecule has 2 aromatic heterocycles. The van der Waals surface area contributed by atoms with Crippen molar-refractivity contribution in [2.24, 2.45) is 7.05 Å². The molecule has 7 nitrogen and oxygen atoms in total. The number of anilines is 1. The Bertz CT molecular complexity index is 1050. The normalized spacial score (nSPS) is 10.6. The highest BCUT2D eigenvalue weighted by Crippen LogP contribution is 2.15. The minimum atomic E-state index is -0.456. The molecule has 0 saturated heterocycles. The topological polar surface area (TPSA) is 85.1 Å². The SMILES string of the molecule is Cc1ccc(C(=O)NCC(=O)Nc2c(C)n(C)n(-c3ccccc3)c2=O)s1. The van der Waals surface area contributed by atoms with E-state index in [0.717, 1.165) is 4.88 Å². The number of nitrogens with zero attached hydrogens (tertiary/aromatic N) is 2. The number of thiophene rings is 1. The number of hydrogen-bond donors (Lipinski definition) is 2. The number of aryl methyl sites for hydroxylation is 1. The number of nitrogens with one attached hydrogen (secondary N) is 2. The highest BCUT2D eigenvalue weighted by Gasteiger charge is 2.18. The molecule has 0 fully saturated rings. The summed E-state index contributed by atoms with van der Waals surface area (Å²) < 4.78 is 3.16. The summed E-state index contributed by atoms with van der Waals surface area (Å²) in [5.41, 5.74) is 1.20. The van der Waals surface area contributed by atoms with Crippen LogP contribution in [0, 0.1) is 13.8 Å². The molecule has 0 spiro atoms. The summed E-state index contributed by atoms with van der Waals surface area (Å²) >= 11 is 1.36. The van der Waals surface area contributed by atoms with E-state index in [1.54, 1.807) is 24.7 Å². The summed E-state index contributed by atoms with van der Waals surface area (Å²) in [6.07, 6.45) is 0. The predicted octanol–water partition coefficient (Wildman–Crippen LogP) is 2.22. The molecule has 3 aromatic rings. The third-order valence-electron chi connectivity index (χ3n) is 4.19. The number of rotatable bonds is 5. The van der Waals surface area contributed by atoms with Gasteiger partial charge in [0.05, 0.1) is 22.8 Å². The van der Waals surface area contributed by atoms with Crippen molar-refractivity contribution in [1.82, 2.24) is 14.7 Å². The molecular weight excluding hydrogens is 364 g/mol. The van der Waals surface area contributed by atoms with Crippen molar-refractivity contribution in [2.75, 3.05) is 11.9 Å². The summed E-state index contributed by atoms with van der Waals surface area (Å²) in [6, 6.07) is 12.7. The van der Waals surface area contributed by atoms with Crippen LogP contribution in [0.15, 0.2) is 47.3 Å². The summed E-state index contributed by atoms with van der Waals surface area (Å²) in [5.74, 6) is -0.766. The average molecular weight is 384 g/mol. The lowest BCUT2D eigenvalue weighted by molar-refractivity contribution is -0.115. The Balaban J connectivity index is 1.73. The molecule has 2 heterocycles. The molecule has 1 aromatic carbocycles. The van der Waals surface area contributed by atoms with Crippen molar-refractivity contribution in [2.45, 2.75) is 13.8 Å². The van der Waals surface area contributed by atoms with Gasteiger partial charge in [0.1, 0.15) is 5.69 Å². The number of benzene rings is 1. The summed E-state index contributed by atoms with van der Waals surface area (Å²) in [6.45, 7) is 3.45. The van der Waals surface area contributed by atoms with E-state index in [4.69, 9.17) is 0 Å². The van der Waals surface area contributed by atoms with Crippen LogP contribution in [0.5, 0.6) is 0 Å². The first-order chi connectivity index (χ1) is 12.9. The second-order valence-electron chi connectivity index (χ2n) is 6.08. The first kappa shape index (κ1) is 18.7. The van der Waals surface area contributed by atoms with Gasteiger partial charge in [0.15, 0.2) is 0 Å². The van der Waals surface area contributed by atoms with E-state index >= 15 is 0 Å². The molecule has 0 atom stereocenters. The van der Waals surface area contributed by atoms with Gasteiger partial charge in [-0.3, -0.25) is 19.1 Å². The molecule has 0 unspecified atom stereocenters. The summed E-state index contributed by atoms with van der Waals surface area (Å²) in [5, 5.41) is 5.19. The smallest absolute Gasteiger partial charge is 0.295 e. The number of hydrogen-bond acceptors (Lipinski definition) is 4. The zero-order valence-electron chi connectivity index (χ0n) is 15.3. The Morgan fingerprint density at radius 3 is 2.41 bits per heavy atom. The molecule has 2 amide bonds. The van der Waals surface area contributed by atoms with E-state index in [1.165, 1.54) is 16.0 Å². The summed E-state index contributed by atoms with van der Waals surface area (Å²) in [7, 11) is 1.75. The second kappa shape index (κ2) is 7.63. The number of carbonyl (C=O) groups excluding carboxylic acids is 2. The molecule has 27 heavy (non-hydrogen) atoms. The van der Waals surface area contributed by atoms with Crippen molar-refractivity contribution in [1.29, 1.82) is 0 Å². The molecule has 0 aliphatic rings. The van der Waals surface area contributed by atoms with Crippen LogP contribution in [0.4, 0.5) is 5.69 Å². The van der Waals surface area contributed by atoms with Gasteiger partial charge in [0, 0.05) is 11.9 Å². The van der Waals surface area contributed by atoms with Gasteiger partial charge in [-0.1, -0.05) is 18.2 Å². The molecule has 140 valence electrons. The van der Waals surface area contributed by atoms with Gasteiger partial charge < -0.3 is 10.6 Å². The Morgan fingerprint density at radius 2 is 1.78 bits per heavy atom. The van der Waals surface area contributed by atoms with Crippen LogP contribution in [-0.4, -0.2) is 27.7 Å². The van der Waals surface area contributed by atoms with E-state index in [-0.39, 0.29) is 23.7 Å². The standard InChI is InChI=1S/C19H20N4O3S/c1-12-9-10-15(27-12)18(25)20-11-16(24)21-17-13(2)22(3)23(19(17)26)14-7-5-4-6-8-14/h4-10H,11H2,1-3H3,(H,20,25)(H,21,24). The molecule has 8 heteroatoms. The molecular formula is C19H20N4O3S. The van der Waals surface area contributed by atoms with E-state index in [0.29, 0.717) is 16.3 Å². The maximum Gasteiger partial charge on any atom is 0.295 e. The van der Waals surface area contributed by atoms with Crippen LogP contribution in [0.2, 0.25) is 0 Å². The third-order valence-corrected chi connectivity index (χ3v) is 5.19. The maximum atomic E-state index is 12.8. The van der Waals surface area contributed by atoms with E-state index in [2.05, 4.69) is 10.6 Å². The van der Waals surface area contributed by atoms with Gasteiger partial charge >= 0.3 is 0 Å². The average Bonchev–Trinajstić information content (AvgIpc) is 3.18. The van der Waals surface area contributed by atoms with Crippen LogP contribution in [-0.2, 0) is 11.8 Å². The zero-order valence-corrected chi connectivity index (χ0v) is 16.1. The Morgan fingerprint density at radius 1 is 1.07 bits per heavy atom. The molecule has 0 radical (unpaired) electrons. The van der Waals surface area contributed by atoms with Gasteiger partial charge in [-0.25, -0.2) is 4.68 Å². The number of carbonyl (C=O) groups is 2. The van der Waals surface area contributed by atoms with Gasteiger partial charge in [0.2, 0.25) is 5.91 Å². The lowest BCUT2D eigenvalue weighted by atomic mass is 10.3. The van der Waals surface area contributed by atoms with Gasteiger partial charge in [0.25, 0.3) is 11.5 Å². The zero-order chi connectivity index (χ0) is 19.6. The van der Waals surface area contributed by atoms with Crippen LogP contribution in [0.1, 0.15) is 20.2 Å². The molecule has 0 aliphatic heterocycles. The largest absolute Gasteiger partial charge is 0.342 e. The van der Waals surface area contributed by atoms with Crippen LogP contribution < -0.4 is 16.2 Å². The highest BCUT2D eigenvalue weighted by atomic mass is 32.1. The lowest BCUT2D eigenvalue weighted by Gasteiger charge is -2.07. The molecule has 0 bridgehead atoms. The van der Waals surface area contributed by atoms with Crippen molar-refractivity contribution < 1.29 is 9.59 Å². The number of para-hydroxylation sites is 1. The second-order valence-corrected chi connectivity index (χ2v) is 7.37. The van der Waals surface area contributed by atoms with Crippen molar-refractivity contribution in [3.05, 3.63) is 68.3 Å². The van der Waals surface area contributed by atoms with Crippen molar-refractivity contribution >= 4 is 28.8 Å². The van der Waals surface area contributed by atoms with E-state index < -0.39 is 5.91 Å². The van der Waals surface area contributed by atoms with Gasteiger partial charge in [-0.05, 0) is 38.1 Å². The van der Waals surface area contributed by atoms with Crippen molar-refractivity contribution in [3.8, 4) is 5.69 Å². The monoisotopic (exact) mass is 384 g/mol.